The predicted molar refractivity (Wildman–Crippen MR) is 118 cm³/mol. The van der Waals surface area contributed by atoms with Gasteiger partial charge in [-0.25, -0.2) is 0 Å². The molecule has 0 spiro atoms. The Morgan fingerprint density at radius 2 is 1.36 bits per heavy atom. The third kappa shape index (κ3) is 5.18. The lowest BCUT2D eigenvalue weighted by atomic mass is 10.2. The first kappa shape index (κ1) is 20.0. The molecule has 142 valence electrons. The van der Waals surface area contributed by atoms with Crippen LogP contribution in [0, 0.1) is 24.0 Å². The van der Waals surface area contributed by atoms with Crippen LogP contribution in [0.3, 0.4) is 0 Å². The van der Waals surface area contributed by atoms with Crippen LogP contribution in [0.5, 0.6) is 0 Å². The molecule has 4 nitrogen and oxygen atoms in total. The fourth-order valence-corrected chi connectivity index (χ4v) is 4.99. The van der Waals surface area contributed by atoms with Gasteiger partial charge in [0.1, 0.15) is 0 Å². The zero-order chi connectivity index (χ0) is 20.1. The molecule has 2 N–H and O–H groups in total. The smallest absolute Gasteiger partial charge is 0.269 e. The summed E-state index contributed by atoms with van der Waals surface area (Å²) in [6.07, 6.45) is 0. The van der Waals surface area contributed by atoms with Gasteiger partial charge in [-0.1, -0.05) is 58.9 Å². The molecule has 0 bridgehead atoms. The Labute approximate surface area is 173 Å². The van der Waals surface area contributed by atoms with E-state index in [2.05, 4.69) is 50.2 Å². The minimum Gasteiger partial charge on any atom is -0.397 e. The molecule has 0 aromatic heterocycles. The number of hydrogen-bond donors (Lipinski definition) is 1. The molecule has 3 aromatic carbocycles. The zero-order valence-electron chi connectivity index (χ0n) is 15.6. The topological polar surface area (TPSA) is 69.2 Å². The molecule has 0 saturated carbocycles. The van der Waals surface area contributed by atoms with E-state index >= 15 is 0 Å². The van der Waals surface area contributed by atoms with E-state index in [1.807, 2.05) is 12.1 Å². The van der Waals surface area contributed by atoms with E-state index in [9.17, 15) is 10.1 Å². The third-order valence-corrected chi connectivity index (χ3v) is 6.30. The van der Waals surface area contributed by atoms with Gasteiger partial charge in [-0.2, -0.15) is 0 Å². The van der Waals surface area contributed by atoms with Gasteiger partial charge >= 0.3 is 0 Å². The number of rotatable bonds is 6. The van der Waals surface area contributed by atoms with Crippen molar-refractivity contribution in [2.75, 3.05) is 0 Å². The lowest BCUT2D eigenvalue weighted by Gasteiger charge is -2.13. The molecule has 3 aromatic rings. The number of thioether (sulfide) groups is 2. The van der Waals surface area contributed by atoms with Crippen molar-refractivity contribution in [3.05, 3.63) is 104 Å². The summed E-state index contributed by atoms with van der Waals surface area (Å²) in [5.74, 6) is 0. The molecule has 28 heavy (non-hydrogen) atoms. The molecule has 0 saturated heterocycles. The number of nitrogens with zero attached hydrogens (tertiary/aromatic N) is 1. The standard InChI is InChI=1S/C22H20N2O2S2/c1-15-5-3-7-19(13-15)27-22(28-20-8-4-6-16(2)14-20)21(23)17-9-11-18(12-10-17)24(25)26/h3-14H,23H2,1-2H3. The van der Waals surface area contributed by atoms with Crippen LogP contribution in [-0.4, -0.2) is 4.92 Å². The molecule has 0 radical (unpaired) electrons. The van der Waals surface area contributed by atoms with Crippen molar-refractivity contribution in [3.63, 3.8) is 0 Å². The van der Waals surface area contributed by atoms with E-state index in [1.165, 1.54) is 23.3 Å². The fraction of sp³-hybridized carbons (Fsp3) is 0.0909. The molecule has 0 aliphatic heterocycles. The summed E-state index contributed by atoms with van der Waals surface area (Å²) in [5, 5.41) is 10.9. The molecule has 0 aliphatic rings. The average molecular weight is 409 g/mol. The minimum absolute atomic E-state index is 0.0516. The van der Waals surface area contributed by atoms with E-state index < -0.39 is 4.92 Å². The van der Waals surface area contributed by atoms with Crippen LogP contribution < -0.4 is 5.73 Å². The molecular weight excluding hydrogens is 388 g/mol. The Morgan fingerprint density at radius 1 is 0.857 bits per heavy atom. The van der Waals surface area contributed by atoms with Crippen LogP contribution in [0.1, 0.15) is 16.7 Å². The third-order valence-electron chi connectivity index (χ3n) is 4.01. The van der Waals surface area contributed by atoms with Gasteiger partial charge in [0.25, 0.3) is 5.69 Å². The largest absolute Gasteiger partial charge is 0.397 e. The number of hydrogen-bond acceptors (Lipinski definition) is 5. The Hall–Kier alpha value is -2.70. The highest BCUT2D eigenvalue weighted by molar-refractivity contribution is 8.22. The van der Waals surface area contributed by atoms with Crippen molar-refractivity contribution in [1.29, 1.82) is 0 Å². The zero-order valence-corrected chi connectivity index (χ0v) is 17.2. The lowest BCUT2D eigenvalue weighted by Crippen LogP contribution is -1.99. The highest BCUT2D eigenvalue weighted by Gasteiger charge is 2.13. The maximum atomic E-state index is 10.9. The molecule has 0 heterocycles. The second-order valence-corrected chi connectivity index (χ2v) is 8.77. The number of aryl methyl sites for hydroxylation is 2. The SMILES string of the molecule is Cc1cccc(SC(Sc2cccc(C)c2)=C(N)c2ccc([N+](=O)[O-])cc2)c1. The van der Waals surface area contributed by atoms with Crippen molar-refractivity contribution in [1.82, 2.24) is 0 Å². The Kier molecular flexibility index (Phi) is 6.44. The number of benzene rings is 3. The number of non-ortho nitro benzene ring substituents is 1. The van der Waals surface area contributed by atoms with Crippen molar-refractivity contribution in [2.24, 2.45) is 5.73 Å². The van der Waals surface area contributed by atoms with Gasteiger partial charge in [0, 0.05) is 21.9 Å². The number of nitro groups is 1. The van der Waals surface area contributed by atoms with Crippen molar-refractivity contribution >= 4 is 34.9 Å². The molecule has 0 aliphatic carbocycles. The summed E-state index contributed by atoms with van der Waals surface area (Å²) in [7, 11) is 0. The first-order valence-electron chi connectivity index (χ1n) is 8.66. The maximum Gasteiger partial charge on any atom is 0.269 e. The Balaban J connectivity index is 2.00. The van der Waals surface area contributed by atoms with Crippen LogP contribution in [0.25, 0.3) is 5.70 Å². The lowest BCUT2D eigenvalue weighted by molar-refractivity contribution is -0.384. The summed E-state index contributed by atoms with van der Waals surface area (Å²) in [6.45, 7) is 4.11. The molecule has 0 unspecified atom stereocenters. The molecule has 6 heteroatoms. The van der Waals surface area contributed by atoms with Gasteiger partial charge in [0.2, 0.25) is 0 Å². The summed E-state index contributed by atoms with van der Waals surface area (Å²) < 4.78 is 0.935. The van der Waals surface area contributed by atoms with Crippen LogP contribution in [0.4, 0.5) is 5.69 Å². The van der Waals surface area contributed by atoms with E-state index in [0.29, 0.717) is 5.70 Å². The van der Waals surface area contributed by atoms with Gasteiger partial charge in [-0.15, -0.1) is 0 Å². The summed E-state index contributed by atoms with van der Waals surface area (Å²) in [4.78, 5) is 12.7. The quantitative estimate of drug-likeness (QED) is 0.291. The molecule has 0 fully saturated rings. The van der Waals surface area contributed by atoms with Gasteiger partial charge in [0.05, 0.1) is 14.9 Å². The predicted octanol–water partition coefficient (Wildman–Crippen LogP) is 6.38. The summed E-state index contributed by atoms with van der Waals surface area (Å²) >= 11 is 3.20. The van der Waals surface area contributed by atoms with Crippen LogP contribution in [0.15, 0.2) is 86.8 Å². The van der Waals surface area contributed by atoms with Crippen molar-refractivity contribution in [3.8, 4) is 0 Å². The van der Waals surface area contributed by atoms with E-state index in [4.69, 9.17) is 5.73 Å². The van der Waals surface area contributed by atoms with Gasteiger partial charge in [-0.05, 0) is 55.8 Å². The van der Waals surface area contributed by atoms with Crippen molar-refractivity contribution < 1.29 is 4.92 Å². The molecule has 3 rings (SSSR count). The normalized spacial score (nSPS) is 10.5. The Bertz CT molecular complexity index is 981. The first-order chi connectivity index (χ1) is 13.4. The second-order valence-electron chi connectivity index (χ2n) is 6.34. The second kappa shape index (κ2) is 8.99. The summed E-state index contributed by atoms with van der Waals surface area (Å²) in [5.41, 5.74) is 10.3. The molecule has 0 atom stereocenters. The maximum absolute atomic E-state index is 10.9. The van der Waals surface area contributed by atoms with Gasteiger partial charge < -0.3 is 5.73 Å². The van der Waals surface area contributed by atoms with Crippen LogP contribution in [-0.2, 0) is 0 Å². The Morgan fingerprint density at radius 3 is 1.79 bits per heavy atom. The van der Waals surface area contributed by atoms with Crippen molar-refractivity contribution in [2.45, 2.75) is 23.6 Å². The van der Waals surface area contributed by atoms with E-state index in [1.54, 1.807) is 35.7 Å². The number of nitro benzene ring substituents is 1. The molecular formula is C22H20N2O2S2. The first-order valence-corrected chi connectivity index (χ1v) is 10.3. The minimum atomic E-state index is -0.409. The van der Waals surface area contributed by atoms with Crippen LogP contribution in [0.2, 0.25) is 0 Å². The highest BCUT2D eigenvalue weighted by Crippen LogP contribution is 2.42. The summed E-state index contributed by atoms with van der Waals surface area (Å²) in [6, 6.07) is 22.8. The number of nitrogens with two attached hydrogens (primary N) is 1. The van der Waals surface area contributed by atoms with E-state index in [-0.39, 0.29) is 5.69 Å². The van der Waals surface area contributed by atoms with E-state index in [0.717, 1.165) is 19.6 Å². The van der Waals surface area contributed by atoms with Gasteiger partial charge in [-0.3, -0.25) is 10.1 Å². The monoisotopic (exact) mass is 408 g/mol. The fourth-order valence-electron chi connectivity index (χ4n) is 2.58. The van der Waals surface area contributed by atoms with Crippen LogP contribution >= 0.6 is 23.5 Å². The van der Waals surface area contributed by atoms with Gasteiger partial charge in [0.15, 0.2) is 0 Å². The highest BCUT2D eigenvalue weighted by atomic mass is 32.2. The molecule has 0 amide bonds. The average Bonchev–Trinajstić information content (AvgIpc) is 2.67.